The zero-order valence-corrected chi connectivity index (χ0v) is 11.6. The highest BCUT2D eigenvalue weighted by Gasteiger charge is 2.29. The summed E-state index contributed by atoms with van der Waals surface area (Å²) < 4.78 is 41.8. The van der Waals surface area contributed by atoms with Crippen molar-refractivity contribution in [2.45, 2.75) is 0 Å². The molecule has 2 aromatic rings. The minimum Gasteiger partial charge on any atom is -0.271 e. The van der Waals surface area contributed by atoms with Gasteiger partial charge in [0.1, 0.15) is 6.29 Å². The lowest BCUT2D eigenvalue weighted by molar-refractivity contribution is -0.0872. The van der Waals surface area contributed by atoms with Crippen LogP contribution in [0.15, 0.2) is 53.5 Å². The van der Waals surface area contributed by atoms with Crippen molar-refractivity contribution in [1.82, 2.24) is 0 Å². The molecule has 0 fully saturated rings. The largest absolute Gasteiger partial charge is 0.414 e. The predicted molar refractivity (Wildman–Crippen MR) is 74.4 cm³/mol. The van der Waals surface area contributed by atoms with Crippen molar-refractivity contribution >= 4 is 13.3 Å². The van der Waals surface area contributed by atoms with Gasteiger partial charge in [-0.05, 0) is 20.2 Å². The lowest BCUT2D eigenvalue weighted by Crippen LogP contribution is -2.00. The lowest BCUT2D eigenvalue weighted by Gasteiger charge is -2.05. The third kappa shape index (κ3) is 2.42. The van der Waals surface area contributed by atoms with Gasteiger partial charge in [-0.3, -0.25) is 9.56 Å². The summed E-state index contributed by atoms with van der Waals surface area (Å²) in [6, 6.07) is 15.0. The second-order valence-corrected chi connectivity index (χ2v) is 6.27. The maximum absolute atomic E-state index is 12.1. The van der Waals surface area contributed by atoms with E-state index < -0.39 is 13.9 Å². The number of fused-ring (bicyclic) bond motifs is 3. The van der Waals surface area contributed by atoms with Gasteiger partial charge in [0.15, 0.2) is 0 Å². The van der Waals surface area contributed by atoms with Crippen molar-refractivity contribution < 1.29 is 23.1 Å². The fourth-order valence-corrected chi connectivity index (χ4v) is 2.80. The van der Waals surface area contributed by atoms with Crippen molar-refractivity contribution in [2.24, 2.45) is 4.99 Å². The van der Waals surface area contributed by atoms with Crippen molar-refractivity contribution in [2.75, 3.05) is 6.29 Å². The summed E-state index contributed by atoms with van der Waals surface area (Å²) in [4.78, 5) is 4.04. The first-order valence-corrected chi connectivity index (χ1v) is 7.84. The first kappa shape index (κ1) is 14.1. The zero-order valence-electron chi connectivity index (χ0n) is 10.7. The van der Waals surface area contributed by atoms with Crippen LogP contribution < -0.4 is 0 Å². The minimum atomic E-state index is -4.48. The minimum absolute atomic E-state index is 0.510. The highest BCUT2D eigenvalue weighted by molar-refractivity contribution is 7.53. The fourth-order valence-electron chi connectivity index (χ4n) is 2.38. The summed E-state index contributed by atoms with van der Waals surface area (Å²) in [7, 11) is -4.48. The summed E-state index contributed by atoms with van der Waals surface area (Å²) in [5.74, 6) is 0. The fraction of sp³-hybridized carbons (Fsp3) is 0.0714. The van der Waals surface area contributed by atoms with E-state index in [4.69, 9.17) is 0 Å². The van der Waals surface area contributed by atoms with E-state index in [1.807, 2.05) is 48.5 Å². The first-order valence-electron chi connectivity index (χ1n) is 6.12. The smallest absolute Gasteiger partial charge is 0.271 e. The van der Waals surface area contributed by atoms with E-state index in [0.717, 1.165) is 22.3 Å². The number of benzene rings is 2. The summed E-state index contributed by atoms with van der Waals surface area (Å²) in [5, 5.41) is 0. The summed E-state index contributed by atoms with van der Waals surface area (Å²) in [6.45, 7) is 0. The van der Waals surface area contributed by atoms with E-state index in [1.165, 1.54) is 0 Å². The number of rotatable bonds is 4. The van der Waals surface area contributed by atoms with Crippen LogP contribution in [0.1, 0.15) is 11.1 Å². The molecule has 0 bridgehead atoms. The van der Waals surface area contributed by atoms with Gasteiger partial charge < -0.3 is 0 Å². The van der Waals surface area contributed by atoms with Crippen molar-refractivity contribution in [1.29, 1.82) is 0 Å². The summed E-state index contributed by atoms with van der Waals surface area (Å²) >= 11 is 0. The second-order valence-electron chi connectivity index (χ2n) is 4.49. The molecule has 4 nitrogen and oxygen atoms in total. The van der Waals surface area contributed by atoms with Crippen LogP contribution in [0, 0.1) is 0 Å². The number of hydrogen-bond acceptors (Lipinski definition) is 4. The second kappa shape index (κ2) is 5.48. The summed E-state index contributed by atoms with van der Waals surface area (Å²) in [5.41, 5.74) is 4.05. The number of nitrogens with zero attached hydrogens (tertiary/aromatic N) is 1. The first-order chi connectivity index (χ1) is 10.2. The Kier molecular flexibility index (Phi) is 3.68. The topological polar surface area (TPSA) is 47.9 Å². The normalized spacial score (nSPS) is 13.0. The molecule has 0 spiro atoms. The number of hydrogen-bond donors (Lipinski definition) is 0. The van der Waals surface area contributed by atoms with Gasteiger partial charge in [0, 0.05) is 11.1 Å². The molecule has 21 heavy (non-hydrogen) atoms. The van der Waals surface area contributed by atoms with E-state index in [2.05, 4.69) is 14.4 Å². The van der Waals surface area contributed by atoms with Gasteiger partial charge in [-0.1, -0.05) is 48.5 Å². The molecular formula is C14H10F2NO3P. The highest BCUT2D eigenvalue weighted by atomic mass is 31.2. The van der Waals surface area contributed by atoms with Crippen LogP contribution in [0.3, 0.4) is 0 Å². The Balaban J connectivity index is 2.09. The Morgan fingerprint density at radius 2 is 1.29 bits per heavy atom. The molecular weight excluding hydrogens is 299 g/mol. The average Bonchev–Trinajstić information content (AvgIpc) is 2.87. The van der Waals surface area contributed by atoms with Crippen LogP contribution in [0.5, 0.6) is 0 Å². The number of aliphatic imine (C=N–C) groups is 1. The van der Waals surface area contributed by atoms with Crippen molar-refractivity contribution in [3.63, 3.8) is 0 Å². The van der Waals surface area contributed by atoms with Crippen LogP contribution in [-0.2, 0) is 14.0 Å². The molecule has 0 saturated carbocycles. The van der Waals surface area contributed by atoms with Crippen LogP contribution in [0.2, 0.25) is 0 Å². The molecule has 0 N–H and O–H groups in total. The third-order valence-electron chi connectivity index (χ3n) is 3.27. The van der Waals surface area contributed by atoms with Gasteiger partial charge in [0.05, 0.1) is 5.71 Å². The molecule has 3 rings (SSSR count). The Labute approximate surface area is 119 Å². The molecule has 2 aromatic carbocycles. The van der Waals surface area contributed by atoms with Crippen molar-refractivity contribution in [3.05, 3.63) is 59.7 Å². The molecule has 0 unspecified atom stereocenters. The predicted octanol–water partition coefficient (Wildman–Crippen LogP) is 4.46. The average molecular weight is 309 g/mol. The SMILES string of the molecule is O=P(CN=C1c2ccccc2-c2ccccc21)(OF)OF. The van der Waals surface area contributed by atoms with E-state index in [-0.39, 0.29) is 0 Å². The van der Waals surface area contributed by atoms with Gasteiger partial charge in [-0.25, -0.2) is 0 Å². The van der Waals surface area contributed by atoms with E-state index >= 15 is 0 Å². The molecule has 108 valence electrons. The molecule has 0 radical (unpaired) electrons. The van der Waals surface area contributed by atoms with Gasteiger partial charge in [0.25, 0.3) is 0 Å². The molecule has 1 aliphatic rings. The van der Waals surface area contributed by atoms with Crippen LogP contribution in [0.25, 0.3) is 11.1 Å². The zero-order chi connectivity index (χ0) is 14.9. The maximum atomic E-state index is 12.1. The standard InChI is InChI=1S/C14H10F2NO3P/c15-19-21(18,20-16)9-17-14-12-7-3-1-5-10(12)11-6-2-4-8-13(11)14/h1-8H,9H2. The van der Waals surface area contributed by atoms with Gasteiger partial charge in [-0.15, -0.1) is 9.46 Å². The molecule has 0 saturated heterocycles. The molecule has 0 aromatic heterocycles. The Morgan fingerprint density at radius 3 is 1.71 bits per heavy atom. The Bertz CT molecular complexity index is 708. The molecule has 0 amide bonds. The van der Waals surface area contributed by atoms with E-state index in [9.17, 15) is 13.6 Å². The molecule has 0 atom stereocenters. The van der Waals surface area contributed by atoms with Crippen LogP contribution >= 0.6 is 7.60 Å². The number of halogens is 2. The van der Waals surface area contributed by atoms with E-state index in [0.29, 0.717) is 5.71 Å². The van der Waals surface area contributed by atoms with Gasteiger partial charge in [0.2, 0.25) is 0 Å². The Morgan fingerprint density at radius 1 is 0.857 bits per heavy atom. The van der Waals surface area contributed by atoms with E-state index in [1.54, 1.807) is 0 Å². The Hall–Kier alpha value is -1.88. The maximum Gasteiger partial charge on any atom is 0.414 e. The van der Waals surface area contributed by atoms with Crippen LogP contribution in [-0.4, -0.2) is 12.0 Å². The molecule has 0 aliphatic heterocycles. The highest BCUT2D eigenvalue weighted by Crippen LogP contribution is 2.49. The van der Waals surface area contributed by atoms with Crippen LogP contribution in [0.4, 0.5) is 9.05 Å². The summed E-state index contributed by atoms with van der Waals surface area (Å²) in [6.07, 6.45) is -0.738. The molecule has 0 heterocycles. The third-order valence-corrected chi connectivity index (χ3v) is 4.18. The van der Waals surface area contributed by atoms with Crippen molar-refractivity contribution in [3.8, 4) is 11.1 Å². The monoisotopic (exact) mass is 309 g/mol. The lowest BCUT2D eigenvalue weighted by atomic mass is 10.1. The molecule has 7 heteroatoms. The van der Waals surface area contributed by atoms with Gasteiger partial charge >= 0.3 is 7.60 Å². The quantitative estimate of drug-likeness (QED) is 0.669. The van der Waals surface area contributed by atoms with Gasteiger partial charge in [-0.2, -0.15) is 0 Å². The molecule has 1 aliphatic carbocycles.